The lowest BCUT2D eigenvalue weighted by Gasteiger charge is -2.15. The molecular formula is C28H24BrN3O5S2. The number of rotatable bonds is 8. The maximum Gasteiger partial charge on any atom is 0.285 e. The Kier molecular flexibility index (Phi) is 9.05. The molecule has 11 heteroatoms. The minimum Gasteiger partial charge on any atom is -0.493 e. The molecule has 39 heavy (non-hydrogen) atoms. The molecule has 4 rings (SSSR count). The summed E-state index contributed by atoms with van der Waals surface area (Å²) in [4.78, 5) is 38.2. The number of anilines is 1. The normalized spacial score (nSPS) is 13.9. The van der Waals surface area contributed by atoms with Gasteiger partial charge in [0.15, 0.2) is 22.4 Å². The van der Waals surface area contributed by atoms with E-state index in [-0.39, 0.29) is 16.8 Å². The van der Waals surface area contributed by atoms with Gasteiger partial charge in [-0.15, -0.1) is 0 Å². The van der Waals surface area contributed by atoms with E-state index in [0.717, 1.165) is 32.4 Å². The van der Waals surface area contributed by atoms with E-state index in [1.54, 1.807) is 54.6 Å². The molecule has 3 aromatic carbocycles. The van der Waals surface area contributed by atoms with Gasteiger partial charge in [0.05, 0.1) is 17.7 Å². The molecule has 0 saturated carbocycles. The number of benzene rings is 3. The van der Waals surface area contributed by atoms with Gasteiger partial charge in [-0.05, 0) is 101 Å². The van der Waals surface area contributed by atoms with Crippen molar-refractivity contribution in [3.63, 3.8) is 0 Å². The topological polar surface area (TPSA) is 97.0 Å². The van der Waals surface area contributed by atoms with Crippen molar-refractivity contribution < 1.29 is 23.9 Å². The molecule has 0 spiro atoms. The monoisotopic (exact) mass is 625 g/mol. The summed E-state index contributed by atoms with van der Waals surface area (Å²) in [7, 11) is 1.48. The third-order valence-corrected chi connectivity index (χ3v) is 7.70. The van der Waals surface area contributed by atoms with E-state index in [1.165, 1.54) is 7.11 Å². The van der Waals surface area contributed by atoms with Crippen LogP contribution in [0.3, 0.4) is 0 Å². The molecule has 1 aliphatic rings. The minimum atomic E-state index is -0.442. The first-order valence-corrected chi connectivity index (χ1v) is 13.7. The third-order valence-electron chi connectivity index (χ3n) is 5.74. The molecule has 2 N–H and O–H groups in total. The number of thiocarbonyl (C=S) groups is 1. The average Bonchev–Trinajstić information content (AvgIpc) is 3.18. The number of amides is 3. The first-order valence-electron chi connectivity index (χ1n) is 11.7. The van der Waals surface area contributed by atoms with Crippen molar-refractivity contribution in [2.45, 2.75) is 13.8 Å². The number of nitrogens with zero attached hydrogens (tertiary/aromatic N) is 1. The Morgan fingerprint density at radius 1 is 1.05 bits per heavy atom. The van der Waals surface area contributed by atoms with Gasteiger partial charge in [-0.25, -0.2) is 0 Å². The number of thioether (sulfide) groups is 1. The number of halogens is 1. The van der Waals surface area contributed by atoms with Crippen LogP contribution in [0.25, 0.3) is 6.08 Å². The van der Waals surface area contributed by atoms with Crippen LogP contribution in [-0.2, 0) is 9.59 Å². The zero-order valence-electron chi connectivity index (χ0n) is 21.2. The van der Waals surface area contributed by atoms with Crippen molar-refractivity contribution in [3.05, 3.63) is 92.3 Å². The largest absolute Gasteiger partial charge is 0.493 e. The van der Waals surface area contributed by atoms with Gasteiger partial charge < -0.3 is 14.8 Å². The van der Waals surface area contributed by atoms with Crippen molar-refractivity contribution in [2.24, 2.45) is 0 Å². The Balaban J connectivity index is 1.41. The number of carbonyl (C=O) groups excluding carboxylic acids is 3. The highest BCUT2D eigenvalue weighted by Crippen LogP contribution is 2.34. The van der Waals surface area contributed by atoms with Gasteiger partial charge in [-0.3, -0.25) is 19.8 Å². The summed E-state index contributed by atoms with van der Waals surface area (Å²) in [6.07, 6.45) is 1.64. The van der Waals surface area contributed by atoms with Gasteiger partial charge in [-0.2, -0.15) is 5.01 Å². The highest BCUT2D eigenvalue weighted by molar-refractivity contribution is 9.10. The van der Waals surface area contributed by atoms with Gasteiger partial charge in [0.1, 0.15) is 0 Å². The number of ether oxygens (including phenoxy) is 2. The molecule has 200 valence electrons. The van der Waals surface area contributed by atoms with E-state index in [9.17, 15) is 14.4 Å². The Morgan fingerprint density at radius 2 is 1.77 bits per heavy atom. The fourth-order valence-corrected chi connectivity index (χ4v) is 5.31. The summed E-state index contributed by atoms with van der Waals surface area (Å²) in [6, 6.07) is 17.4. The van der Waals surface area contributed by atoms with Crippen LogP contribution in [0, 0.1) is 13.8 Å². The second kappa shape index (κ2) is 12.5. The van der Waals surface area contributed by atoms with Crippen LogP contribution in [0.5, 0.6) is 11.5 Å². The number of aryl methyl sites for hydroxylation is 2. The fourth-order valence-electron chi connectivity index (χ4n) is 3.57. The minimum absolute atomic E-state index is 0.212. The van der Waals surface area contributed by atoms with Crippen LogP contribution >= 0.6 is 39.9 Å². The highest BCUT2D eigenvalue weighted by atomic mass is 79.9. The molecule has 0 bridgehead atoms. The molecule has 1 aliphatic heterocycles. The summed E-state index contributed by atoms with van der Waals surface area (Å²) >= 11 is 9.85. The standard InChI is InChI=1S/C28H24BrN3O5S2/c1-16-11-20(29)21(12-17(16)2)30-25(33)15-37-22-10-9-18(13-23(22)36-3)14-24-27(35)32(28(38)39-24)31-26(34)19-7-5-4-6-8-19/h4-14H,15H2,1-3H3,(H,30,33)(H,31,34)/b24-14+. The zero-order valence-corrected chi connectivity index (χ0v) is 24.5. The first-order chi connectivity index (χ1) is 18.7. The third kappa shape index (κ3) is 6.86. The molecule has 0 aromatic heterocycles. The Bertz CT molecular complexity index is 1490. The van der Waals surface area contributed by atoms with Crippen LogP contribution in [-0.4, -0.2) is 40.8 Å². The Hall–Kier alpha value is -3.67. The Morgan fingerprint density at radius 3 is 2.49 bits per heavy atom. The number of hydrogen-bond acceptors (Lipinski definition) is 7. The number of nitrogens with one attached hydrogen (secondary N) is 2. The van der Waals surface area contributed by atoms with Crippen LogP contribution < -0.4 is 20.2 Å². The van der Waals surface area contributed by atoms with Crippen molar-refractivity contribution >= 4 is 73.7 Å². The van der Waals surface area contributed by atoms with Gasteiger partial charge in [0, 0.05) is 10.0 Å². The molecule has 1 heterocycles. The fraction of sp³-hybridized carbons (Fsp3) is 0.143. The number of hydrazine groups is 1. The lowest BCUT2D eigenvalue weighted by atomic mass is 10.1. The molecule has 0 atom stereocenters. The van der Waals surface area contributed by atoms with Gasteiger partial charge in [0.2, 0.25) is 0 Å². The second-order valence-corrected chi connectivity index (χ2v) is 11.0. The molecule has 1 fully saturated rings. The zero-order chi connectivity index (χ0) is 28.1. The molecule has 0 aliphatic carbocycles. The summed E-state index contributed by atoms with van der Waals surface area (Å²) in [5.74, 6) is -0.456. The quantitative estimate of drug-likeness (QED) is 0.247. The molecule has 1 saturated heterocycles. The Labute approximate surface area is 243 Å². The van der Waals surface area contributed by atoms with Crippen LogP contribution in [0.2, 0.25) is 0 Å². The second-order valence-electron chi connectivity index (χ2n) is 8.49. The SMILES string of the molecule is COc1cc(/C=C2/SC(=S)N(NC(=O)c3ccccc3)C2=O)ccc1OCC(=O)Nc1cc(C)c(C)cc1Br. The molecule has 0 radical (unpaired) electrons. The maximum atomic E-state index is 12.9. The van der Waals surface area contributed by atoms with E-state index in [2.05, 4.69) is 26.7 Å². The molecule has 3 aromatic rings. The van der Waals surface area contributed by atoms with Crippen molar-refractivity contribution in [3.8, 4) is 11.5 Å². The van der Waals surface area contributed by atoms with Crippen LogP contribution in [0.1, 0.15) is 27.0 Å². The molecule has 0 unspecified atom stereocenters. The van der Waals surface area contributed by atoms with E-state index in [1.807, 2.05) is 26.0 Å². The predicted octanol–water partition coefficient (Wildman–Crippen LogP) is 5.64. The number of carbonyl (C=O) groups is 3. The van der Waals surface area contributed by atoms with Gasteiger partial charge >= 0.3 is 0 Å². The smallest absolute Gasteiger partial charge is 0.285 e. The summed E-state index contributed by atoms with van der Waals surface area (Å²) in [5.41, 5.74) is 6.44. The summed E-state index contributed by atoms with van der Waals surface area (Å²) in [5, 5.41) is 3.89. The van der Waals surface area contributed by atoms with Crippen LogP contribution in [0.15, 0.2) is 70.0 Å². The lowest BCUT2D eigenvalue weighted by Crippen LogP contribution is -2.44. The number of hydrogen-bond donors (Lipinski definition) is 2. The summed E-state index contributed by atoms with van der Waals surface area (Å²) in [6.45, 7) is 3.74. The van der Waals surface area contributed by atoms with Crippen molar-refractivity contribution in [1.82, 2.24) is 10.4 Å². The van der Waals surface area contributed by atoms with E-state index >= 15 is 0 Å². The molecule has 3 amide bonds. The lowest BCUT2D eigenvalue weighted by molar-refractivity contribution is -0.123. The van der Waals surface area contributed by atoms with Gasteiger partial charge in [-0.1, -0.05) is 36.0 Å². The highest BCUT2D eigenvalue weighted by Gasteiger charge is 2.33. The van der Waals surface area contributed by atoms with Crippen molar-refractivity contribution in [1.29, 1.82) is 0 Å². The van der Waals surface area contributed by atoms with Crippen molar-refractivity contribution in [2.75, 3.05) is 19.0 Å². The maximum absolute atomic E-state index is 12.9. The van der Waals surface area contributed by atoms with Gasteiger partial charge in [0.25, 0.3) is 17.7 Å². The molecule has 8 nitrogen and oxygen atoms in total. The average molecular weight is 627 g/mol. The predicted molar refractivity (Wildman–Crippen MR) is 160 cm³/mol. The van der Waals surface area contributed by atoms with E-state index in [4.69, 9.17) is 21.7 Å². The first kappa shape index (κ1) is 28.3. The van der Waals surface area contributed by atoms with E-state index in [0.29, 0.717) is 33.2 Å². The summed E-state index contributed by atoms with van der Waals surface area (Å²) < 4.78 is 12.1. The van der Waals surface area contributed by atoms with E-state index < -0.39 is 11.8 Å². The molecular weight excluding hydrogens is 602 g/mol. The van der Waals surface area contributed by atoms with Crippen LogP contribution in [0.4, 0.5) is 5.69 Å². The number of methoxy groups -OCH3 is 1.